The van der Waals surface area contributed by atoms with Gasteiger partial charge >= 0.3 is 0 Å². The first-order valence-electron chi connectivity index (χ1n) is 19.3. The van der Waals surface area contributed by atoms with E-state index in [0.29, 0.717) is 84.5 Å². The van der Waals surface area contributed by atoms with E-state index in [2.05, 4.69) is 74.1 Å². The molecular formula is C41H48BrN11O5. The highest BCUT2D eigenvalue weighted by atomic mass is 79.9. The second-order valence-corrected chi connectivity index (χ2v) is 15.3. The number of nitrogens with zero attached hydrogens (tertiary/aromatic N) is 6. The number of hydrogen-bond acceptors (Lipinski definition) is 13. The topological polar surface area (TPSA) is 176 Å². The molecule has 1 atom stereocenters. The zero-order chi connectivity index (χ0) is 40.8. The van der Waals surface area contributed by atoms with Crippen molar-refractivity contribution in [2.75, 3.05) is 98.8 Å². The molecule has 5 N–H and O–H groups in total. The van der Waals surface area contributed by atoms with E-state index in [1.807, 2.05) is 53.4 Å². The SMILES string of the molecule is CNC(=O)c1ccccc1Nc1nc(Nc2cc(C)c(N3CCN(C(=O)CN4CCN(c5ccc(NC6CCC(=O)NC6=O)cc5)CC4)CC3)cc2OC)ncc1Br. The van der Waals surface area contributed by atoms with E-state index in [-0.39, 0.29) is 23.6 Å². The van der Waals surface area contributed by atoms with Gasteiger partial charge in [-0.25, -0.2) is 4.98 Å². The normalized spacial score (nSPS) is 17.4. The number of piperidine rings is 1. The van der Waals surface area contributed by atoms with Gasteiger partial charge in [0, 0.05) is 95.2 Å². The van der Waals surface area contributed by atoms with E-state index in [4.69, 9.17) is 4.74 Å². The number of aryl methyl sites for hydroxylation is 1. The lowest BCUT2D eigenvalue weighted by molar-refractivity contribution is -0.134. The number of nitrogens with one attached hydrogen (secondary N) is 5. The predicted molar refractivity (Wildman–Crippen MR) is 228 cm³/mol. The van der Waals surface area contributed by atoms with Gasteiger partial charge in [-0.15, -0.1) is 0 Å². The third-order valence-corrected chi connectivity index (χ3v) is 11.3. The number of ether oxygens (including phenoxy) is 1. The summed E-state index contributed by atoms with van der Waals surface area (Å²) in [4.78, 5) is 67.3. The molecule has 3 aliphatic rings. The lowest BCUT2D eigenvalue weighted by Gasteiger charge is -2.39. The number of carbonyl (C=O) groups is 4. The van der Waals surface area contributed by atoms with Crippen LogP contribution in [-0.2, 0) is 14.4 Å². The van der Waals surface area contributed by atoms with E-state index >= 15 is 0 Å². The second kappa shape index (κ2) is 18.1. The zero-order valence-corrected chi connectivity index (χ0v) is 34.4. The van der Waals surface area contributed by atoms with E-state index in [9.17, 15) is 19.2 Å². The van der Waals surface area contributed by atoms with Crippen molar-refractivity contribution in [3.05, 3.63) is 82.5 Å². The van der Waals surface area contributed by atoms with Gasteiger partial charge in [0.15, 0.2) is 0 Å². The number of carbonyl (C=O) groups excluding carboxylic acids is 4. The largest absolute Gasteiger partial charge is 0.494 e. The van der Waals surface area contributed by atoms with Crippen molar-refractivity contribution in [2.45, 2.75) is 25.8 Å². The van der Waals surface area contributed by atoms with E-state index in [1.165, 1.54) is 0 Å². The number of piperazine rings is 2. The molecule has 0 saturated carbocycles. The van der Waals surface area contributed by atoms with Crippen LogP contribution in [0, 0.1) is 6.92 Å². The molecule has 0 spiro atoms. The minimum atomic E-state index is -0.414. The number of rotatable bonds is 12. The van der Waals surface area contributed by atoms with E-state index < -0.39 is 6.04 Å². The van der Waals surface area contributed by atoms with Gasteiger partial charge in [-0.2, -0.15) is 4.98 Å². The lowest BCUT2D eigenvalue weighted by Crippen LogP contribution is -2.54. The monoisotopic (exact) mass is 853 g/mol. The Kier molecular flexibility index (Phi) is 12.6. The summed E-state index contributed by atoms with van der Waals surface area (Å²) in [6.45, 7) is 8.31. The molecule has 4 amide bonds. The van der Waals surface area contributed by atoms with E-state index in [1.54, 1.807) is 32.5 Å². The number of para-hydroxylation sites is 1. The number of aromatic nitrogens is 2. The van der Waals surface area contributed by atoms with Crippen molar-refractivity contribution in [2.24, 2.45) is 0 Å². The molecule has 0 aliphatic carbocycles. The maximum Gasteiger partial charge on any atom is 0.253 e. The molecule has 17 heteroatoms. The van der Waals surface area contributed by atoms with Crippen LogP contribution in [0.4, 0.5) is 40.2 Å². The lowest BCUT2D eigenvalue weighted by atomic mass is 10.1. The van der Waals surface area contributed by atoms with Crippen molar-refractivity contribution < 1.29 is 23.9 Å². The van der Waals surface area contributed by atoms with Crippen molar-refractivity contribution in [3.63, 3.8) is 0 Å². The van der Waals surface area contributed by atoms with Gasteiger partial charge in [0.25, 0.3) is 5.91 Å². The fourth-order valence-electron chi connectivity index (χ4n) is 7.43. The fourth-order valence-corrected chi connectivity index (χ4v) is 7.72. The standard InChI is InChI=1S/C41H48BrN11O5/c1-26-22-33(47-41-44-24-30(42)38(49-41)46-31-7-5-4-6-29(31)39(56)43-2)35(58-3)23-34(26)52-18-20-53(21-19-52)37(55)25-50-14-16-51(17-15-50)28-10-8-27(9-11-28)45-32-12-13-36(54)48-40(32)57/h4-11,22-24,32,45H,12-21,25H2,1-3H3,(H,43,56)(H,48,54,57)(H2,44,46,47,49). The van der Waals surface area contributed by atoms with Crippen molar-refractivity contribution in [1.29, 1.82) is 0 Å². The molecule has 1 aromatic heterocycles. The van der Waals surface area contributed by atoms with Gasteiger partial charge in [0.05, 0.1) is 35.1 Å². The first-order chi connectivity index (χ1) is 28.1. The molecule has 3 aromatic carbocycles. The van der Waals surface area contributed by atoms with Gasteiger partial charge in [-0.05, 0) is 77.3 Å². The highest BCUT2D eigenvalue weighted by Gasteiger charge is 2.28. The van der Waals surface area contributed by atoms with Gasteiger partial charge in [-0.1, -0.05) is 12.1 Å². The number of halogens is 1. The van der Waals surface area contributed by atoms with Crippen molar-refractivity contribution >= 4 is 79.8 Å². The third kappa shape index (κ3) is 9.43. The number of benzene rings is 3. The van der Waals surface area contributed by atoms with Crippen LogP contribution in [0.15, 0.2) is 71.3 Å². The summed E-state index contributed by atoms with van der Waals surface area (Å²) in [5.41, 5.74) is 5.81. The van der Waals surface area contributed by atoms with Crippen LogP contribution >= 0.6 is 15.9 Å². The second-order valence-electron chi connectivity index (χ2n) is 14.4. The molecule has 0 bridgehead atoms. The molecule has 16 nitrogen and oxygen atoms in total. The number of hydrogen-bond donors (Lipinski definition) is 5. The summed E-state index contributed by atoms with van der Waals surface area (Å²) in [6, 6.07) is 18.8. The Morgan fingerprint density at radius 3 is 2.34 bits per heavy atom. The highest BCUT2D eigenvalue weighted by molar-refractivity contribution is 9.10. The number of anilines is 7. The Morgan fingerprint density at radius 2 is 1.64 bits per heavy atom. The molecule has 0 radical (unpaired) electrons. The first-order valence-corrected chi connectivity index (χ1v) is 20.1. The molecule has 3 aliphatic heterocycles. The molecule has 4 heterocycles. The molecule has 4 aromatic rings. The van der Waals surface area contributed by atoms with Crippen LogP contribution in [0.1, 0.15) is 28.8 Å². The average Bonchev–Trinajstić information content (AvgIpc) is 3.24. The predicted octanol–water partition coefficient (Wildman–Crippen LogP) is 4.09. The maximum atomic E-state index is 13.4. The van der Waals surface area contributed by atoms with Crippen molar-refractivity contribution in [1.82, 2.24) is 30.4 Å². The Labute approximate surface area is 345 Å². The molecular weight excluding hydrogens is 806 g/mol. The summed E-state index contributed by atoms with van der Waals surface area (Å²) in [5, 5.41) is 14.8. The van der Waals surface area contributed by atoms with E-state index in [0.717, 1.165) is 48.8 Å². The average molecular weight is 855 g/mol. The minimum absolute atomic E-state index is 0.145. The van der Waals surface area contributed by atoms with Gasteiger partial charge < -0.3 is 40.7 Å². The summed E-state index contributed by atoms with van der Waals surface area (Å²) < 4.78 is 6.44. The first kappa shape index (κ1) is 40.3. The highest BCUT2D eigenvalue weighted by Crippen LogP contribution is 2.36. The molecule has 7 rings (SSSR count). The Balaban J connectivity index is 0.896. The molecule has 304 valence electrons. The zero-order valence-electron chi connectivity index (χ0n) is 32.8. The Hall–Kier alpha value is -5.94. The van der Waals surface area contributed by atoms with Crippen LogP contribution in [-0.4, -0.2) is 122 Å². The van der Waals surface area contributed by atoms with Crippen LogP contribution in [0.25, 0.3) is 0 Å². The number of amides is 4. The van der Waals surface area contributed by atoms with Gasteiger partial charge in [0.2, 0.25) is 23.7 Å². The maximum absolute atomic E-state index is 13.4. The van der Waals surface area contributed by atoms with Crippen LogP contribution in [0.2, 0.25) is 0 Å². The van der Waals surface area contributed by atoms with Crippen LogP contribution in [0.5, 0.6) is 5.75 Å². The molecule has 58 heavy (non-hydrogen) atoms. The number of imide groups is 1. The van der Waals surface area contributed by atoms with Gasteiger partial charge in [-0.3, -0.25) is 29.4 Å². The van der Waals surface area contributed by atoms with Crippen molar-refractivity contribution in [3.8, 4) is 5.75 Å². The fraction of sp³-hybridized carbons (Fsp3) is 0.366. The summed E-state index contributed by atoms with van der Waals surface area (Å²) in [7, 11) is 3.22. The Morgan fingerprint density at radius 1 is 0.914 bits per heavy atom. The quantitative estimate of drug-likeness (QED) is 0.129. The van der Waals surface area contributed by atoms with Crippen LogP contribution < -0.4 is 41.1 Å². The summed E-state index contributed by atoms with van der Waals surface area (Å²) >= 11 is 3.52. The minimum Gasteiger partial charge on any atom is -0.494 e. The van der Waals surface area contributed by atoms with Crippen LogP contribution in [0.3, 0.4) is 0 Å². The number of methoxy groups -OCH3 is 1. The molecule has 3 saturated heterocycles. The smallest absolute Gasteiger partial charge is 0.253 e. The van der Waals surface area contributed by atoms with Gasteiger partial charge in [0.1, 0.15) is 17.6 Å². The molecule has 1 unspecified atom stereocenters. The summed E-state index contributed by atoms with van der Waals surface area (Å²) in [5.74, 6) is 0.880. The Bertz CT molecular complexity index is 2150. The third-order valence-electron chi connectivity index (χ3n) is 10.7. The molecule has 3 fully saturated rings. The summed E-state index contributed by atoms with van der Waals surface area (Å²) in [6.07, 6.45) is 2.46.